The lowest BCUT2D eigenvalue weighted by atomic mass is 9.85. The van der Waals surface area contributed by atoms with Crippen LogP contribution in [0.1, 0.15) is 25.8 Å². The lowest BCUT2D eigenvalue weighted by Crippen LogP contribution is -2.25. The fourth-order valence-corrected chi connectivity index (χ4v) is 2.56. The minimum atomic E-state index is -0.824. The fraction of sp³-hybridized carbons (Fsp3) is 0.278. The summed E-state index contributed by atoms with van der Waals surface area (Å²) in [7, 11) is 0. The molecule has 2 unspecified atom stereocenters. The van der Waals surface area contributed by atoms with E-state index >= 15 is 0 Å². The molecule has 0 saturated heterocycles. The van der Waals surface area contributed by atoms with E-state index in [-0.39, 0.29) is 12.3 Å². The number of benzene rings is 2. The highest BCUT2D eigenvalue weighted by atomic mass is 35.5. The molecule has 0 aromatic heterocycles. The van der Waals surface area contributed by atoms with Gasteiger partial charge in [-0.3, -0.25) is 4.79 Å². The van der Waals surface area contributed by atoms with Gasteiger partial charge in [-0.1, -0.05) is 61.5 Å². The fourth-order valence-electron chi connectivity index (χ4n) is 2.36. The van der Waals surface area contributed by atoms with E-state index in [1.165, 1.54) is 0 Å². The number of carboxylic acids is 1. The Morgan fingerprint density at radius 1 is 1.10 bits per heavy atom. The highest BCUT2D eigenvalue weighted by Crippen LogP contribution is 2.38. The van der Waals surface area contributed by atoms with Crippen LogP contribution < -0.4 is 0 Å². The molecule has 0 radical (unpaired) electrons. The van der Waals surface area contributed by atoms with Gasteiger partial charge in [0.15, 0.2) is 0 Å². The summed E-state index contributed by atoms with van der Waals surface area (Å²) in [5.41, 5.74) is 3.22. The van der Waals surface area contributed by atoms with Crippen molar-refractivity contribution < 1.29 is 9.90 Å². The summed E-state index contributed by atoms with van der Waals surface area (Å²) < 4.78 is 0. The number of hydrogen-bond donors (Lipinski definition) is 1. The monoisotopic (exact) mass is 302 g/mol. The topological polar surface area (TPSA) is 37.3 Å². The van der Waals surface area contributed by atoms with Crippen molar-refractivity contribution in [3.63, 3.8) is 0 Å². The van der Waals surface area contributed by atoms with Crippen molar-refractivity contribution in [1.29, 1.82) is 0 Å². The third kappa shape index (κ3) is 3.64. The van der Waals surface area contributed by atoms with E-state index < -0.39 is 10.8 Å². The lowest BCUT2D eigenvalue weighted by Gasteiger charge is -2.29. The zero-order chi connectivity index (χ0) is 15.5. The molecular weight excluding hydrogens is 284 g/mol. The quantitative estimate of drug-likeness (QED) is 0.796. The van der Waals surface area contributed by atoms with Gasteiger partial charge in [-0.15, -0.1) is 11.6 Å². The molecule has 1 N–H and O–H groups in total. The van der Waals surface area contributed by atoms with Crippen molar-refractivity contribution in [1.82, 2.24) is 0 Å². The largest absolute Gasteiger partial charge is 0.481 e. The Kier molecular flexibility index (Phi) is 4.69. The molecule has 0 heterocycles. The van der Waals surface area contributed by atoms with E-state index in [2.05, 4.69) is 12.1 Å². The number of carbonyl (C=O) groups is 1. The van der Waals surface area contributed by atoms with Crippen LogP contribution in [0.4, 0.5) is 0 Å². The summed E-state index contributed by atoms with van der Waals surface area (Å²) >= 11 is 6.59. The number of hydrogen-bond acceptors (Lipinski definition) is 1. The summed E-state index contributed by atoms with van der Waals surface area (Å²) in [6.07, 6.45) is 0.0560. The first-order valence-electron chi connectivity index (χ1n) is 6.98. The first-order valence-corrected chi connectivity index (χ1v) is 7.35. The molecule has 21 heavy (non-hydrogen) atoms. The number of carboxylic acid groups (broad SMARTS) is 1. The molecule has 0 bridgehead atoms. The van der Waals surface area contributed by atoms with E-state index in [0.29, 0.717) is 0 Å². The minimum Gasteiger partial charge on any atom is -0.481 e. The molecule has 0 aliphatic rings. The van der Waals surface area contributed by atoms with Crippen molar-refractivity contribution in [2.45, 2.75) is 25.1 Å². The smallest absolute Gasteiger partial charge is 0.303 e. The molecule has 3 heteroatoms. The van der Waals surface area contributed by atoms with Crippen molar-refractivity contribution in [3.8, 4) is 11.1 Å². The van der Waals surface area contributed by atoms with Gasteiger partial charge in [-0.25, -0.2) is 0 Å². The predicted molar refractivity (Wildman–Crippen MR) is 86.5 cm³/mol. The Hall–Kier alpha value is -1.80. The summed E-state index contributed by atoms with van der Waals surface area (Å²) in [5.74, 6) is -0.977. The summed E-state index contributed by atoms with van der Waals surface area (Å²) in [6.45, 7) is 3.74. The predicted octanol–water partition coefficient (Wildman–Crippen LogP) is 4.92. The van der Waals surface area contributed by atoms with Crippen LogP contribution in [-0.2, 0) is 9.67 Å². The molecule has 2 aromatic rings. The van der Waals surface area contributed by atoms with Crippen LogP contribution in [0.15, 0.2) is 54.6 Å². The van der Waals surface area contributed by atoms with Crippen LogP contribution >= 0.6 is 11.6 Å². The maximum Gasteiger partial charge on any atom is 0.303 e. The number of halogens is 1. The van der Waals surface area contributed by atoms with E-state index in [0.717, 1.165) is 16.7 Å². The SMILES string of the molecule is CC(CC(=O)O)C(C)(Cl)c1ccc(-c2ccccc2)cc1. The zero-order valence-electron chi connectivity index (χ0n) is 12.2. The average molecular weight is 303 g/mol. The molecule has 2 rings (SSSR count). The van der Waals surface area contributed by atoms with Crippen molar-refractivity contribution >= 4 is 17.6 Å². The Balaban J connectivity index is 2.24. The summed E-state index contributed by atoms with van der Waals surface area (Å²) in [4.78, 5) is 10.2. The van der Waals surface area contributed by atoms with Gasteiger partial charge in [-0.2, -0.15) is 0 Å². The molecule has 0 aliphatic carbocycles. The number of aliphatic carboxylic acids is 1. The van der Waals surface area contributed by atoms with Gasteiger partial charge in [0.1, 0.15) is 0 Å². The average Bonchev–Trinajstić information content (AvgIpc) is 2.47. The highest BCUT2D eigenvalue weighted by Gasteiger charge is 2.32. The van der Waals surface area contributed by atoms with Crippen LogP contribution in [0, 0.1) is 5.92 Å². The highest BCUT2D eigenvalue weighted by molar-refractivity contribution is 6.24. The van der Waals surface area contributed by atoms with E-state index in [4.69, 9.17) is 16.7 Å². The molecular formula is C18H19ClO2. The molecule has 2 nitrogen and oxygen atoms in total. The van der Waals surface area contributed by atoms with E-state index in [1.54, 1.807) is 0 Å². The molecule has 110 valence electrons. The first kappa shape index (κ1) is 15.6. The third-order valence-electron chi connectivity index (χ3n) is 3.96. The van der Waals surface area contributed by atoms with Gasteiger partial charge in [0.25, 0.3) is 0 Å². The number of alkyl halides is 1. The second-order valence-corrected chi connectivity index (χ2v) is 6.30. The van der Waals surface area contributed by atoms with Crippen LogP contribution in [0.25, 0.3) is 11.1 Å². The molecule has 0 amide bonds. The molecule has 0 spiro atoms. The Morgan fingerprint density at radius 3 is 2.14 bits per heavy atom. The van der Waals surface area contributed by atoms with Gasteiger partial charge in [-0.05, 0) is 29.5 Å². The van der Waals surface area contributed by atoms with Gasteiger partial charge < -0.3 is 5.11 Å². The van der Waals surface area contributed by atoms with Crippen LogP contribution in [0.2, 0.25) is 0 Å². The maximum absolute atomic E-state index is 10.9. The van der Waals surface area contributed by atoms with Gasteiger partial charge in [0.05, 0.1) is 4.87 Å². The second kappa shape index (κ2) is 6.31. The van der Waals surface area contributed by atoms with Crippen LogP contribution in [0.3, 0.4) is 0 Å². The number of rotatable bonds is 5. The van der Waals surface area contributed by atoms with E-state index in [9.17, 15) is 4.79 Å². The van der Waals surface area contributed by atoms with Crippen LogP contribution in [0.5, 0.6) is 0 Å². The lowest BCUT2D eigenvalue weighted by molar-refractivity contribution is -0.138. The molecule has 2 atom stereocenters. The molecule has 0 fully saturated rings. The standard InChI is InChI=1S/C18H19ClO2/c1-13(12-17(20)21)18(2,19)16-10-8-15(9-11-16)14-6-4-3-5-7-14/h3-11,13H,12H2,1-2H3,(H,20,21). The van der Waals surface area contributed by atoms with E-state index in [1.807, 2.05) is 56.3 Å². The van der Waals surface area contributed by atoms with Gasteiger partial charge in [0.2, 0.25) is 0 Å². The zero-order valence-corrected chi connectivity index (χ0v) is 13.0. The maximum atomic E-state index is 10.9. The second-order valence-electron chi connectivity index (χ2n) is 5.52. The van der Waals surface area contributed by atoms with Crippen molar-refractivity contribution in [3.05, 3.63) is 60.2 Å². The van der Waals surface area contributed by atoms with Gasteiger partial charge >= 0.3 is 5.97 Å². The summed E-state index contributed by atoms with van der Waals surface area (Å²) in [5, 5.41) is 8.93. The Labute approximate surface area is 130 Å². The normalized spacial score (nSPS) is 15.2. The van der Waals surface area contributed by atoms with Crippen molar-refractivity contribution in [2.24, 2.45) is 5.92 Å². The molecule has 0 saturated carbocycles. The molecule has 0 aliphatic heterocycles. The minimum absolute atomic E-state index is 0.0560. The third-order valence-corrected chi connectivity index (χ3v) is 4.55. The Bertz CT molecular complexity index is 603. The van der Waals surface area contributed by atoms with Crippen LogP contribution in [-0.4, -0.2) is 11.1 Å². The Morgan fingerprint density at radius 2 is 1.62 bits per heavy atom. The van der Waals surface area contributed by atoms with Crippen molar-refractivity contribution in [2.75, 3.05) is 0 Å². The van der Waals surface area contributed by atoms with Gasteiger partial charge in [0, 0.05) is 6.42 Å². The molecule has 2 aromatic carbocycles. The summed E-state index contributed by atoms with van der Waals surface area (Å²) in [6, 6.07) is 18.1. The first-order chi connectivity index (χ1) is 9.91.